The van der Waals surface area contributed by atoms with Gasteiger partial charge in [-0.3, -0.25) is 14.3 Å². The number of aryl methyl sites for hydroxylation is 1. The first kappa shape index (κ1) is 29.0. The van der Waals surface area contributed by atoms with Crippen molar-refractivity contribution in [2.24, 2.45) is 0 Å². The van der Waals surface area contributed by atoms with E-state index in [9.17, 15) is 18.0 Å². The fourth-order valence-corrected chi connectivity index (χ4v) is 4.75. The molecule has 0 saturated heterocycles. The number of carboxylic acids is 1. The lowest BCUT2D eigenvalue weighted by molar-refractivity contribution is -0.137. The molecule has 0 radical (unpaired) electrons. The molecule has 10 nitrogen and oxygen atoms in total. The smallest absolute Gasteiger partial charge is 0.303 e. The lowest BCUT2D eigenvalue weighted by atomic mass is 10.0. The van der Waals surface area contributed by atoms with Gasteiger partial charge in [0.05, 0.1) is 5.75 Å². The molecule has 0 fully saturated rings. The van der Waals surface area contributed by atoms with Crippen LogP contribution < -0.4 is 4.72 Å². The highest BCUT2D eigenvalue weighted by atomic mass is 32.2. The Balaban J connectivity index is 1.80. The summed E-state index contributed by atoms with van der Waals surface area (Å²) in [5.41, 5.74) is 0. The van der Waals surface area contributed by atoms with E-state index >= 15 is 0 Å². The minimum absolute atomic E-state index is 0.00157. The number of carbonyl (C=O) groups excluding carboxylic acids is 1. The monoisotopic (exact) mass is 487 g/mol. The second kappa shape index (κ2) is 18.4. The second-order valence-corrected chi connectivity index (χ2v) is 10.5. The van der Waals surface area contributed by atoms with Crippen LogP contribution in [0, 0.1) is 0 Å². The topological polar surface area (TPSA) is 155 Å². The number of H-pyrrole nitrogens is 1. The number of hydrogen-bond acceptors (Lipinski definition) is 7. The van der Waals surface area contributed by atoms with Gasteiger partial charge in [-0.05, 0) is 29.7 Å². The van der Waals surface area contributed by atoms with Crippen molar-refractivity contribution in [1.29, 1.82) is 0 Å². The van der Waals surface area contributed by atoms with E-state index in [2.05, 4.69) is 20.6 Å². The van der Waals surface area contributed by atoms with Crippen LogP contribution >= 0.6 is 0 Å². The Hall–Kier alpha value is -2.04. The molecule has 0 aromatic carbocycles. The number of amides is 1. The van der Waals surface area contributed by atoms with E-state index in [-0.39, 0.29) is 25.0 Å². The Morgan fingerprint density at radius 3 is 1.76 bits per heavy atom. The van der Waals surface area contributed by atoms with Gasteiger partial charge in [-0.1, -0.05) is 77.0 Å². The van der Waals surface area contributed by atoms with E-state index in [0.717, 1.165) is 37.9 Å². The van der Waals surface area contributed by atoms with E-state index < -0.39 is 21.9 Å². The van der Waals surface area contributed by atoms with Crippen molar-refractivity contribution < 1.29 is 23.1 Å². The first-order chi connectivity index (χ1) is 15.9. The van der Waals surface area contributed by atoms with Gasteiger partial charge in [0.2, 0.25) is 15.9 Å². The molecule has 0 bridgehead atoms. The van der Waals surface area contributed by atoms with Crippen molar-refractivity contribution in [1.82, 2.24) is 25.3 Å². The molecule has 1 aromatic rings. The normalized spacial score (nSPS) is 11.5. The van der Waals surface area contributed by atoms with Gasteiger partial charge in [0.25, 0.3) is 0 Å². The van der Waals surface area contributed by atoms with Crippen molar-refractivity contribution >= 4 is 21.9 Å². The van der Waals surface area contributed by atoms with Gasteiger partial charge < -0.3 is 5.11 Å². The Morgan fingerprint density at radius 1 is 0.758 bits per heavy atom. The van der Waals surface area contributed by atoms with Crippen molar-refractivity contribution in [2.75, 3.05) is 5.75 Å². The number of aliphatic carboxylic acids is 1. The van der Waals surface area contributed by atoms with Crippen molar-refractivity contribution in [2.45, 2.75) is 116 Å². The predicted molar refractivity (Wildman–Crippen MR) is 126 cm³/mol. The maximum absolute atomic E-state index is 11.7. The van der Waals surface area contributed by atoms with Crippen molar-refractivity contribution in [3.63, 3.8) is 0 Å². The van der Waals surface area contributed by atoms with Gasteiger partial charge >= 0.3 is 5.97 Å². The maximum atomic E-state index is 11.7. The quantitative estimate of drug-likeness (QED) is 0.208. The van der Waals surface area contributed by atoms with Crippen LogP contribution in [0.25, 0.3) is 0 Å². The minimum Gasteiger partial charge on any atom is -0.481 e. The van der Waals surface area contributed by atoms with Crippen LogP contribution in [0.3, 0.4) is 0 Å². The molecule has 1 aromatic heterocycles. The molecule has 0 saturated carbocycles. The average Bonchev–Trinajstić information content (AvgIpc) is 3.26. The number of carboxylic acid groups (broad SMARTS) is 1. The molecule has 0 aliphatic carbocycles. The highest BCUT2D eigenvalue weighted by Crippen LogP contribution is 2.13. The standard InChI is InChI=1S/C22H41N5O5S/c28-21(25-33(31,32)19-15-18-22(29)30)17-14-12-10-8-6-4-2-1-3-5-7-9-11-13-16-20-23-26-27-24-20/h1-19H2,(H,25,28)(H,29,30)(H,23,24,26,27). The second-order valence-electron chi connectivity index (χ2n) is 8.64. The summed E-state index contributed by atoms with van der Waals surface area (Å²) in [6.07, 6.45) is 17.3. The van der Waals surface area contributed by atoms with Gasteiger partial charge in [-0.2, -0.15) is 0 Å². The largest absolute Gasteiger partial charge is 0.481 e. The van der Waals surface area contributed by atoms with Crippen LogP contribution in [-0.4, -0.2) is 51.8 Å². The van der Waals surface area contributed by atoms with Gasteiger partial charge in [-0.15, -0.1) is 5.10 Å². The van der Waals surface area contributed by atoms with Crippen LogP contribution in [-0.2, 0) is 26.0 Å². The number of rotatable bonds is 22. The molecule has 1 amide bonds. The molecule has 0 aliphatic heterocycles. The number of nitrogens with one attached hydrogen (secondary N) is 2. The SMILES string of the molecule is O=C(O)CCCS(=O)(=O)NC(=O)CCCCCCCCCCCCCCCCc1nnn[nH]1. The summed E-state index contributed by atoms with van der Waals surface area (Å²) in [6.45, 7) is 0. The van der Waals surface area contributed by atoms with Crippen molar-refractivity contribution in [3.8, 4) is 0 Å². The highest BCUT2D eigenvalue weighted by molar-refractivity contribution is 7.90. The van der Waals surface area contributed by atoms with E-state index in [1.807, 2.05) is 4.72 Å². The zero-order valence-electron chi connectivity index (χ0n) is 19.8. The Labute approximate surface area is 197 Å². The number of tetrazole rings is 1. The van der Waals surface area contributed by atoms with Gasteiger partial charge in [0, 0.05) is 19.3 Å². The summed E-state index contributed by atoms with van der Waals surface area (Å²) < 4.78 is 25.4. The Kier molecular flexibility index (Phi) is 16.2. The third-order valence-corrected chi connectivity index (χ3v) is 6.89. The maximum Gasteiger partial charge on any atom is 0.303 e. The van der Waals surface area contributed by atoms with Crippen molar-refractivity contribution in [3.05, 3.63) is 5.82 Å². The third kappa shape index (κ3) is 18.1. The molecular weight excluding hydrogens is 446 g/mol. The van der Waals surface area contributed by atoms with Crippen LogP contribution in [0.15, 0.2) is 0 Å². The molecule has 1 rings (SSSR count). The fourth-order valence-electron chi connectivity index (χ4n) is 3.67. The molecule has 1 heterocycles. The zero-order valence-corrected chi connectivity index (χ0v) is 20.6. The lowest BCUT2D eigenvalue weighted by Gasteiger charge is -2.06. The van der Waals surface area contributed by atoms with Gasteiger partial charge in [0.15, 0.2) is 0 Å². The number of sulfonamides is 1. The summed E-state index contributed by atoms with van der Waals surface area (Å²) >= 11 is 0. The molecule has 190 valence electrons. The highest BCUT2D eigenvalue weighted by Gasteiger charge is 2.14. The molecule has 0 unspecified atom stereocenters. The Morgan fingerprint density at radius 2 is 1.27 bits per heavy atom. The van der Waals surface area contributed by atoms with E-state index in [4.69, 9.17) is 5.11 Å². The lowest BCUT2D eigenvalue weighted by Crippen LogP contribution is -2.32. The predicted octanol–water partition coefficient (Wildman–Crippen LogP) is 3.90. The van der Waals surface area contributed by atoms with Crippen LogP contribution in [0.1, 0.15) is 115 Å². The number of aromatic amines is 1. The van der Waals surface area contributed by atoms with E-state index in [1.165, 1.54) is 57.8 Å². The molecule has 33 heavy (non-hydrogen) atoms. The van der Waals surface area contributed by atoms with Crippen LogP contribution in [0.4, 0.5) is 0 Å². The van der Waals surface area contributed by atoms with Crippen LogP contribution in [0.2, 0.25) is 0 Å². The molecule has 0 aliphatic rings. The minimum atomic E-state index is -3.73. The number of nitrogens with zero attached hydrogens (tertiary/aromatic N) is 3. The van der Waals surface area contributed by atoms with E-state index in [1.54, 1.807) is 0 Å². The number of aromatic nitrogens is 4. The summed E-state index contributed by atoms with van der Waals surface area (Å²) in [6, 6.07) is 0. The molecule has 11 heteroatoms. The summed E-state index contributed by atoms with van der Waals surface area (Å²) in [4.78, 5) is 22.1. The fraction of sp³-hybridized carbons (Fsp3) is 0.864. The number of hydrogen-bond donors (Lipinski definition) is 3. The summed E-state index contributed by atoms with van der Waals surface area (Å²) in [5.74, 6) is -1.01. The molecular formula is C22H41N5O5S. The van der Waals surface area contributed by atoms with E-state index in [0.29, 0.717) is 6.42 Å². The number of carbonyl (C=O) groups is 2. The molecule has 3 N–H and O–H groups in total. The molecule has 0 atom stereocenters. The summed E-state index contributed by atoms with van der Waals surface area (Å²) in [5, 5.41) is 22.3. The Bertz CT molecular complexity index is 740. The first-order valence-corrected chi connectivity index (χ1v) is 14.0. The number of unbranched alkanes of at least 4 members (excludes halogenated alkanes) is 13. The third-order valence-electron chi connectivity index (χ3n) is 5.53. The first-order valence-electron chi connectivity index (χ1n) is 12.4. The molecule has 0 spiro atoms. The zero-order chi connectivity index (χ0) is 24.2. The summed E-state index contributed by atoms with van der Waals surface area (Å²) in [7, 11) is -3.73. The van der Waals surface area contributed by atoms with Crippen LogP contribution in [0.5, 0.6) is 0 Å². The van der Waals surface area contributed by atoms with Gasteiger partial charge in [0.1, 0.15) is 5.82 Å². The van der Waals surface area contributed by atoms with Gasteiger partial charge in [-0.25, -0.2) is 13.5 Å². The average molecular weight is 488 g/mol.